The summed E-state index contributed by atoms with van der Waals surface area (Å²) < 4.78 is 14.9. The van der Waals surface area contributed by atoms with Crippen LogP contribution in [-0.4, -0.2) is 35.0 Å². The fraction of sp³-hybridized carbons (Fsp3) is 0.524. The molecule has 144 valence electrons. The lowest BCUT2D eigenvalue weighted by Gasteiger charge is -2.38. The maximum atomic E-state index is 13.5. The highest BCUT2D eigenvalue weighted by Crippen LogP contribution is 2.24. The van der Waals surface area contributed by atoms with Crippen molar-refractivity contribution < 1.29 is 4.39 Å². The minimum atomic E-state index is -0.296. The van der Waals surface area contributed by atoms with Gasteiger partial charge in [0, 0.05) is 31.2 Å². The SMILES string of the molecule is O=c1ccc(N2CCCCC2CNC2CCC2)nn1Cc1cccc(F)c1. The summed E-state index contributed by atoms with van der Waals surface area (Å²) in [6.45, 7) is 2.21. The summed E-state index contributed by atoms with van der Waals surface area (Å²) in [6, 6.07) is 10.8. The molecule has 1 saturated heterocycles. The van der Waals surface area contributed by atoms with Crippen LogP contribution in [0.3, 0.4) is 0 Å². The molecule has 2 heterocycles. The van der Waals surface area contributed by atoms with Crippen LogP contribution in [0.15, 0.2) is 41.2 Å². The average molecular weight is 370 g/mol. The predicted molar refractivity (Wildman–Crippen MR) is 105 cm³/mol. The van der Waals surface area contributed by atoms with Gasteiger partial charge < -0.3 is 10.2 Å². The molecule has 0 spiro atoms. The van der Waals surface area contributed by atoms with Crippen LogP contribution in [-0.2, 0) is 6.54 Å². The number of anilines is 1. The van der Waals surface area contributed by atoms with Crippen molar-refractivity contribution in [3.05, 3.63) is 58.1 Å². The van der Waals surface area contributed by atoms with Gasteiger partial charge in [-0.2, -0.15) is 5.10 Å². The molecule has 0 radical (unpaired) electrons. The highest BCUT2D eigenvalue weighted by atomic mass is 19.1. The summed E-state index contributed by atoms with van der Waals surface area (Å²) >= 11 is 0. The zero-order valence-electron chi connectivity index (χ0n) is 15.6. The van der Waals surface area contributed by atoms with Crippen LogP contribution in [0.5, 0.6) is 0 Å². The fourth-order valence-corrected chi connectivity index (χ4v) is 3.94. The molecule has 1 N–H and O–H groups in total. The lowest BCUT2D eigenvalue weighted by Crippen LogP contribution is -2.49. The van der Waals surface area contributed by atoms with Gasteiger partial charge in [-0.3, -0.25) is 4.79 Å². The first kappa shape index (κ1) is 18.2. The number of hydrogen-bond acceptors (Lipinski definition) is 4. The van der Waals surface area contributed by atoms with E-state index >= 15 is 0 Å². The molecule has 6 heteroatoms. The second-order valence-electron chi connectivity index (χ2n) is 7.70. The molecule has 2 fully saturated rings. The number of aromatic nitrogens is 2. The Hall–Kier alpha value is -2.21. The van der Waals surface area contributed by atoms with Crippen LogP contribution in [0.2, 0.25) is 0 Å². The highest BCUT2D eigenvalue weighted by Gasteiger charge is 2.26. The lowest BCUT2D eigenvalue weighted by molar-refractivity contribution is 0.316. The number of nitrogens with one attached hydrogen (secondary N) is 1. The van der Waals surface area contributed by atoms with E-state index in [0.717, 1.165) is 37.3 Å². The lowest BCUT2D eigenvalue weighted by atomic mass is 9.92. The van der Waals surface area contributed by atoms with E-state index in [1.165, 1.54) is 42.5 Å². The molecule has 1 aromatic carbocycles. The monoisotopic (exact) mass is 370 g/mol. The van der Waals surface area contributed by atoms with Crippen LogP contribution < -0.4 is 15.8 Å². The van der Waals surface area contributed by atoms with Gasteiger partial charge in [0.15, 0.2) is 0 Å². The van der Waals surface area contributed by atoms with E-state index in [4.69, 9.17) is 0 Å². The Labute approximate surface area is 159 Å². The maximum absolute atomic E-state index is 13.5. The van der Waals surface area contributed by atoms with Gasteiger partial charge in [0.25, 0.3) is 5.56 Å². The average Bonchev–Trinajstić information content (AvgIpc) is 2.63. The molecule has 27 heavy (non-hydrogen) atoms. The Morgan fingerprint density at radius 3 is 2.78 bits per heavy atom. The van der Waals surface area contributed by atoms with E-state index in [2.05, 4.69) is 15.3 Å². The first-order valence-electron chi connectivity index (χ1n) is 10.0. The Morgan fingerprint density at radius 2 is 2.00 bits per heavy atom. The van der Waals surface area contributed by atoms with Crippen molar-refractivity contribution in [3.8, 4) is 0 Å². The second-order valence-corrected chi connectivity index (χ2v) is 7.70. The van der Waals surface area contributed by atoms with E-state index < -0.39 is 0 Å². The number of halogens is 1. The molecule has 1 saturated carbocycles. The highest BCUT2D eigenvalue weighted by molar-refractivity contribution is 5.39. The van der Waals surface area contributed by atoms with Gasteiger partial charge in [-0.25, -0.2) is 9.07 Å². The first-order chi connectivity index (χ1) is 13.2. The van der Waals surface area contributed by atoms with Crippen molar-refractivity contribution in [3.63, 3.8) is 0 Å². The van der Waals surface area contributed by atoms with Gasteiger partial charge in [-0.05, 0) is 55.9 Å². The first-order valence-corrected chi connectivity index (χ1v) is 10.0. The quantitative estimate of drug-likeness (QED) is 0.849. The number of benzene rings is 1. The molecule has 5 nitrogen and oxygen atoms in total. The Balaban J connectivity index is 1.51. The molecule has 0 bridgehead atoms. The van der Waals surface area contributed by atoms with Crippen molar-refractivity contribution in [1.82, 2.24) is 15.1 Å². The molecule has 1 unspecified atom stereocenters. The molecule has 2 aliphatic rings. The predicted octanol–water partition coefficient (Wildman–Crippen LogP) is 2.93. The number of rotatable bonds is 6. The molecule has 1 aliphatic heterocycles. The van der Waals surface area contributed by atoms with Gasteiger partial charge in [-0.15, -0.1) is 0 Å². The molecule has 0 amide bonds. The summed E-state index contributed by atoms with van der Waals surface area (Å²) in [5, 5.41) is 8.29. The summed E-state index contributed by atoms with van der Waals surface area (Å²) in [5.74, 6) is 0.543. The molecule has 1 atom stereocenters. The van der Waals surface area contributed by atoms with E-state index in [1.807, 2.05) is 12.1 Å². The Bertz CT molecular complexity index is 833. The van der Waals surface area contributed by atoms with Crippen molar-refractivity contribution in [1.29, 1.82) is 0 Å². The van der Waals surface area contributed by atoms with Gasteiger partial charge >= 0.3 is 0 Å². The van der Waals surface area contributed by atoms with Crippen LogP contribution in [0.1, 0.15) is 44.1 Å². The van der Waals surface area contributed by atoms with Crippen LogP contribution in [0.4, 0.5) is 10.2 Å². The second kappa shape index (κ2) is 8.21. The summed E-state index contributed by atoms with van der Waals surface area (Å²) in [5.41, 5.74) is 0.577. The van der Waals surface area contributed by atoms with Crippen molar-refractivity contribution >= 4 is 5.82 Å². The van der Waals surface area contributed by atoms with Crippen LogP contribution in [0, 0.1) is 5.82 Å². The zero-order chi connectivity index (χ0) is 18.6. The summed E-state index contributed by atoms with van der Waals surface area (Å²) in [6.07, 6.45) is 7.41. The molecule has 1 aromatic heterocycles. The van der Waals surface area contributed by atoms with E-state index in [-0.39, 0.29) is 17.9 Å². The van der Waals surface area contributed by atoms with Crippen LogP contribution >= 0.6 is 0 Å². The minimum Gasteiger partial charge on any atom is -0.351 e. The third-order valence-electron chi connectivity index (χ3n) is 5.74. The number of nitrogens with zero attached hydrogens (tertiary/aromatic N) is 3. The van der Waals surface area contributed by atoms with Gasteiger partial charge in [-0.1, -0.05) is 18.6 Å². The summed E-state index contributed by atoms with van der Waals surface area (Å²) in [4.78, 5) is 14.6. The molecule has 4 rings (SSSR count). The van der Waals surface area contributed by atoms with E-state index in [9.17, 15) is 9.18 Å². The fourth-order valence-electron chi connectivity index (χ4n) is 3.94. The smallest absolute Gasteiger partial charge is 0.267 e. The minimum absolute atomic E-state index is 0.163. The number of piperidine rings is 1. The largest absolute Gasteiger partial charge is 0.351 e. The zero-order valence-corrected chi connectivity index (χ0v) is 15.6. The van der Waals surface area contributed by atoms with Crippen molar-refractivity contribution in [2.45, 2.75) is 57.2 Å². The molecular weight excluding hydrogens is 343 g/mol. The topological polar surface area (TPSA) is 50.2 Å². The summed E-state index contributed by atoms with van der Waals surface area (Å²) in [7, 11) is 0. The van der Waals surface area contributed by atoms with Crippen molar-refractivity contribution in [2.75, 3.05) is 18.0 Å². The van der Waals surface area contributed by atoms with Crippen molar-refractivity contribution in [2.24, 2.45) is 0 Å². The standard InChI is InChI=1S/C21H27FN4O/c22-17-6-3-5-16(13-17)15-26-21(27)11-10-20(24-26)25-12-2-1-9-19(25)14-23-18-7-4-8-18/h3,5-6,10-11,13,18-19,23H,1-2,4,7-9,12,14-15H2. The number of hydrogen-bond donors (Lipinski definition) is 1. The normalized spacial score (nSPS) is 20.5. The van der Waals surface area contributed by atoms with Gasteiger partial charge in [0.05, 0.1) is 6.54 Å². The maximum Gasteiger partial charge on any atom is 0.267 e. The molecular formula is C21H27FN4O. The third-order valence-corrected chi connectivity index (χ3v) is 5.74. The van der Waals surface area contributed by atoms with Gasteiger partial charge in [0.2, 0.25) is 0 Å². The third kappa shape index (κ3) is 4.38. The Morgan fingerprint density at radius 1 is 1.11 bits per heavy atom. The van der Waals surface area contributed by atoms with Crippen LogP contribution in [0.25, 0.3) is 0 Å². The Kier molecular flexibility index (Phi) is 5.53. The molecule has 2 aromatic rings. The van der Waals surface area contributed by atoms with E-state index in [1.54, 1.807) is 12.1 Å². The molecule has 1 aliphatic carbocycles. The van der Waals surface area contributed by atoms with Gasteiger partial charge in [0.1, 0.15) is 11.6 Å². The van der Waals surface area contributed by atoms with E-state index in [0.29, 0.717) is 12.1 Å².